The molecular formula is C8H17O. The van der Waals surface area contributed by atoms with Gasteiger partial charge in [-0.2, -0.15) is 0 Å². The third-order valence-corrected chi connectivity index (χ3v) is 1.46. The molecule has 0 aliphatic rings. The molecule has 55 valence electrons. The summed E-state index contributed by atoms with van der Waals surface area (Å²) in [6, 6.07) is 0. The van der Waals surface area contributed by atoms with Crippen LogP contribution in [-0.4, -0.2) is 6.10 Å². The lowest BCUT2D eigenvalue weighted by Gasteiger charge is -2.11. The predicted molar refractivity (Wildman–Crippen MR) is 40.0 cm³/mol. The van der Waals surface area contributed by atoms with Crippen LogP contribution in [0.3, 0.4) is 0 Å². The number of ether oxygens (including phenoxy) is 1. The zero-order valence-electron chi connectivity index (χ0n) is 6.52. The highest BCUT2D eigenvalue weighted by atomic mass is 16.5. The van der Waals surface area contributed by atoms with E-state index in [1.54, 1.807) is 0 Å². The maximum absolute atomic E-state index is 4.98. The Morgan fingerprint density at radius 3 is 1.89 bits per heavy atom. The van der Waals surface area contributed by atoms with E-state index in [0.717, 1.165) is 12.8 Å². The van der Waals surface area contributed by atoms with Gasteiger partial charge in [0.05, 0.1) is 13.2 Å². The highest BCUT2D eigenvalue weighted by Crippen LogP contribution is 2.07. The summed E-state index contributed by atoms with van der Waals surface area (Å²) in [4.78, 5) is 0. The lowest BCUT2D eigenvalue weighted by Crippen LogP contribution is -2.07. The van der Waals surface area contributed by atoms with Crippen molar-refractivity contribution in [3.63, 3.8) is 0 Å². The van der Waals surface area contributed by atoms with Crippen molar-refractivity contribution >= 4 is 0 Å². The van der Waals surface area contributed by atoms with Gasteiger partial charge < -0.3 is 4.74 Å². The van der Waals surface area contributed by atoms with Crippen LogP contribution in [0.4, 0.5) is 0 Å². The van der Waals surface area contributed by atoms with Crippen LogP contribution >= 0.6 is 0 Å². The monoisotopic (exact) mass is 129 g/mol. The molecule has 0 heterocycles. The van der Waals surface area contributed by atoms with Crippen molar-refractivity contribution in [3.05, 3.63) is 7.11 Å². The summed E-state index contributed by atoms with van der Waals surface area (Å²) in [6.45, 7) is 4.34. The van der Waals surface area contributed by atoms with Crippen LogP contribution < -0.4 is 0 Å². The summed E-state index contributed by atoms with van der Waals surface area (Å²) in [5, 5.41) is 0. The van der Waals surface area contributed by atoms with Crippen LogP contribution in [0.25, 0.3) is 0 Å². The Hall–Kier alpha value is -0.0400. The van der Waals surface area contributed by atoms with Crippen molar-refractivity contribution in [1.29, 1.82) is 0 Å². The minimum atomic E-state index is 0.403. The zero-order chi connectivity index (χ0) is 7.11. The van der Waals surface area contributed by atoms with E-state index in [1.165, 1.54) is 12.8 Å². The second-order valence-electron chi connectivity index (χ2n) is 2.37. The minimum absolute atomic E-state index is 0.403. The van der Waals surface area contributed by atoms with Gasteiger partial charge in [-0.25, -0.2) is 0 Å². The SMILES string of the molecule is [CH2]OC(CCC)CCC. The Bertz CT molecular complexity index is 46.5. The largest absolute Gasteiger partial charge is 0.376 e. The molecule has 0 aliphatic carbocycles. The normalized spacial score (nSPS) is 10.7. The van der Waals surface area contributed by atoms with Crippen LogP contribution in [0.2, 0.25) is 0 Å². The number of rotatable bonds is 5. The molecule has 0 atom stereocenters. The molecule has 0 aliphatic heterocycles. The summed E-state index contributed by atoms with van der Waals surface area (Å²) in [7, 11) is 3.42. The van der Waals surface area contributed by atoms with Crippen molar-refractivity contribution in [2.24, 2.45) is 0 Å². The van der Waals surface area contributed by atoms with Crippen molar-refractivity contribution in [2.75, 3.05) is 0 Å². The molecule has 0 N–H and O–H groups in total. The van der Waals surface area contributed by atoms with Gasteiger partial charge in [-0.3, -0.25) is 0 Å². The van der Waals surface area contributed by atoms with E-state index < -0.39 is 0 Å². The van der Waals surface area contributed by atoms with Gasteiger partial charge in [0.25, 0.3) is 0 Å². The zero-order valence-corrected chi connectivity index (χ0v) is 6.52. The average molecular weight is 129 g/mol. The fourth-order valence-corrected chi connectivity index (χ4v) is 0.955. The van der Waals surface area contributed by atoms with E-state index in [0.29, 0.717) is 6.10 Å². The first-order valence-electron chi connectivity index (χ1n) is 3.76. The Morgan fingerprint density at radius 2 is 1.67 bits per heavy atom. The van der Waals surface area contributed by atoms with Gasteiger partial charge >= 0.3 is 0 Å². The van der Waals surface area contributed by atoms with Crippen molar-refractivity contribution < 1.29 is 4.74 Å². The second kappa shape index (κ2) is 6.09. The van der Waals surface area contributed by atoms with Crippen molar-refractivity contribution in [3.8, 4) is 0 Å². The van der Waals surface area contributed by atoms with Crippen molar-refractivity contribution in [1.82, 2.24) is 0 Å². The molecule has 9 heavy (non-hydrogen) atoms. The molecule has 0 saturated carbocycles. The van der Waals surface area contributed by atoms with Crippen LogP contribution in [-0.2, 0) is 4.74 Å². The lowest BCUT2D eigenvalue weighted by molar-refractivity contribution is 0.119. The Labute approximate surface area is 58.4 Å². The standard InChI is InChI=1S/C8H17O/c1-4-6-8(9-3)7-5-2/h8H,3-7H2,1-2H3. The predicted octanol–water partition coefficient (Wildman–Crippen LogP) is 2.76. The summed E-state index contributed by atoms with van der Waals surface area (Å²) < 4.78 is 4.98. The summed E-state index contributed by atoms with van der Waals surface area (Å²) in [5.74, 6) is 0. The van der Waals surface area contributed by atoms with E-state index in [1.807, 2.05) is 0 Å². The van der Waals surface area contributed by atoms with Gasteiger partial charge in [0.2, 0.25) is 0 Å². The lowest BCUT2D eigenvalue weighted by atomic mass is 10.1. The second-order valence-corrected chi connectivity index (χ2v) is 2.37. The van der Waals surface area contributed by atoms with Gasteiger partial charge in [0.15, 0.2) is 0 Å². The molecular weight excluding hydrogens is 112 g/mol. The van der Waals surface area contributed by atoms with E-state index >= 15 is 0 Å². The third-order valence-electron chi connectivity index (χ3n) is 1.46. The molecule has 0 amide bonds. The molecule has 0 fully saturated rings. The van der Waals surface area contributed by atoms with Gasteiger partial charge in [-0.1, -0.05) is 26.7 Å². The quantitative estimate of drug-likeness (QED) is 0.554. The first-order chi connectivity index (χ1) is 4.35. The topological polar surface area (TPSA) is 9.23 Å². The van der Waals surface area contributed by atoms with Crippen molar-refractivity contribution in [2.45, 2.75) is 45.6 Å². The number of hydrogen-bond donors (Lipinski definition) is 0. The van der Waals surface area contributed by atoms with Crippen LogP contribution in [0, 0.1) is 7.11 Å². The fourth-order valence-electron chi connectivity index (χ4n) is 0.955. The molecule has 0 unspecified atom stereocenters. The molecule has 0 rings (SSSR count). The van der Waals surface area contributed by atoms with Gasteiger partial charge in [0, 0.05) is 0 Å². The van der Waals surface area contributed by atoms with Crippen LogP contribution in [0.5, 0.6) is 0 Å². The van der Waals surface area contributed by atoms with E-state index in [2.05, 4.69) is 21.0 Å². The van der Waals surface area contributed by atoms with Gasteiger partial charge in [0.1, 0.15) is 0 Å². The minimum Gasteiger partial charge on any atom is -0.376 e. The average Bonchev–Trinajstić information content (AvgIpc) is 1.88. The third kappa shape index (κ3) is 4.46. The van der Waals surface area contributed by atoms with E-state index in [4.69, 9.17) is 4.74 Å². The van der Waals surface area contributed by atoms with Crippen LogP contribution in [0.15, 0.2) is 0 Å². The summed E-state index contributed by atoms with van der Waals surface area (Å²) >= 11 is 0. The molecule has 0 aromatic heterocycles. The van der Waals surface area contributed by atoms with E-state index in [-0.39, 0.29) is 0 Å². The maximum atomic E-state index is 4.98. The highest BCUT2D eigenvalue weighted by Gasteiger charge is 2.02. The molecule has 0 spiro atoms. The molecule has 1 heteroatoms. The summed E-state index contributed by atoms with van der Waals surface area (Å²) in [6.07, 6.45) is 5.09. The van der Waals surface area contributed by atoms with Gasteiger partial charge in [-0.15, -0.1) is 0 Å². The molecule has 0 saturated heterocycles. The smallest absolute Gasteiger partial charge is 0.0704 e. The fraction of sp³-hybridized carbons (Fsp3) is 0.875. The maximum Gasteiger partial charge on any atom is 0.0704 e. The Kier molecular flexibility index (Phi) is 6.06. The van der Waals surface area contributed by atoms with Crippen LogP contribution in [0.1, 0.15) is 39.5 Å². The molecule has 0 aromatic carbocycles. The van der Waals surface area contributed by atoms with Gasteiger partial charge in [-0.05, 0) is 12.8 Å². The van der Waals surface area contributed by atoms with E-state index in [9.17, 15) is 0 Å². The molecule has 0 aromatic rings. The Balaban J connectivity index is 3.18. The first kappa shape index (κ1) is 8.96. The highest BCUT2D eigenvalue weighted by molar-refractivity contribution is 4.54. The summed E-state index contributed by atoms with van der Waals surface area (Å²) in [5.41, 5.74) is 0. The first-order valence-corrected chi connectivity index (χ1v) is 3.76. The molecule has 0 bridgehead atoms. The molecule has 1 nitrogen and oxygen atoms in total. The molecule has 1 radical (unpaired) electrons. The number of hydrogen-bond acceptors (Lipinski definition) is 1. The Morgan fingerprint density at radius 1 is 1.22 bits per heavy atom.